The van der Waals surface area contributed by atoms with Gasteiger partial charge in [0.1, 0.15) is 11.6 Å². The van der Waals surface area contributed by atoms with Gasteiger partial charge in [0.05, 0.1) is 10.6 Å². The number of benzene rings is 2. The summed E-state index contributed by atoms with van der Waals surface area (Å²) in [5.41, 5.74) is 0.828. The Bertz CT molecular complexity index is 841. The molecular formula is C16H11F2NOS. The number of hydrogen-bond donors (Lipinski definition) is 1. The predicted octanol–water partition coefficient (Wildman–Crippen LogP) is 4.74. The first-order chi connectivity index (χ1) is 10.1. The molecule has 1 heterocycles. The topological polar surface area (TPSA) is 29.1 Å². The van der Waals surface area contributed by atoms with Crippen LogP contribution >= 0.6 is 11.3 Å². The van der Waals surface area contributed by atoms with E-state index < -0.39 is 11.6 Å². The number of hydrogen-bond acceptors (Lipinski definition) is 2. The van der Waals surface area contributed by atoms with Crippen LogP contribution in [-0.2, 0) is 0 Å². The highest BCUT2D eigenvalue weighted by Gasteiger charge is 2.16. The van der Waals surface area contributed by atoms with Crippen molar-refractivity contribution in [3.8, 4) is 0 Å². The van der Waals surface area contributed by atoms with Crippen LogP contribution in [0.15, 0.2) is 42.5 Å². The largest absolute Gasteiger partial charge is 0.319 e. The minimum Gasteiger partial charge on any atom is -0.319 e. The number of anilines is 1. The van der Waals surface area contributed by atoms with Gasteiger partial charge in [0.2, 0.25) is 0 Å². The molecule has 1 amide bonds. The van der Waals surface area contributed by atoms with Crippen molar-refractivity contribution in [1.29, 1.82) is 0 Å². The predicted molar refractivity (Wildman–Crippen MR) is 80.9 cm³/mol. The van der Waals surface area contributed by atoms with Gasteiger partial charge in [-0.15, -0.1) is 11.3 Å². The number of amides is 1. The zero-order valence-corrected chi connectivity index (χ0v) is 11.9. The summed E-state index contributed by atoms with van der Waals surface area (Å²) in [5.74, 6) is -1.86. The van der Waals surface area contributed by atoms with Crippen LogP contribution in [0.2, 0.25) is 0 Å². The number of nitrogens with one attached hydrogen (secondary N) is 1. The van der Waals surface area contributed by atoms with Crippen molar-refractivity contribution in [2.75, 3.05) is 5.32 Å². The van der Waals surface area contributed by atoms with Crippen LogP contribution < -0.4 is 5.32 Å². The number of fused-ring (bicyclic) bond motifs is 1. The molecule has 2 nitrogen and oxygen atoms in total. The van der Waals surface area contributed by atoms with Crippen LogP contribution in [0.4, 0.5) is 14.5 Å². The lowest BCUT2D eigenvalue weighted by Gasteiger charge is -2.05. The molecule has 2 aromatic carbocycles. The highest BCUT2D eigenvalue weighted by Crippen LogP contribution is 2.31. The fourth-order valence-corrected chi connectivity index (χ4v) is 3.27. The Morgan fingerprint density at radius 1 is 1.14 bits per heavy atom. The lowest BCUT2D eigenvalue weighted by Crippen LogP contribution is -2.12. The first-order valence-electron chi connectivity index (χ1n) is 6.31. The fraction of sp³-hybridized carbons (Fsp3) is 0.0625. The van der Waals surface area contributed by atoms with Crippen molar-refractivity contribution in [3.63, 3.8) is 0 Å². The molecule has 0 spiro atoms. The standard InChI is InChI=1S/C16H11F2NOS/c1-9-11-4-2-3-5-14(11)21-15(9)16(20)19-13-7-6-10(17)8-12(13)18/h2-8H,1H3,(H,19,20). The van der Waals surface area contributed by atoms with Crippen molar-refractivity contribution in [1.82, 2.24) is 0 Å². The Hall–Kier alpha value is -2.27. The van der Waals surface area contributed by atoms with E-state index in [9.17, 15) is 13.6 Å². The van der Waals surface area contributed by atoms with Crippen molar-refractivity contribution in [2.24, 2.45) is 0 Å². The highest BCUT2D eigenvalue weighted by molar-refractivity contribution is 7.21. The molecule has 0 saturated carbocycles. The van der Waals surface area contributed by atoms with E-state index in [0.29, 0.717) is 4.88 Å². The molecule has 0 aliphatic carbocycles. The number of rotatable bonds is 2. The molecular weight excluding hydrogens is 292 g/mol. The number of carbonyl (C=O) groups excluding carboxylic acids is 1. The maximum absolute atomic E-state index is 13.6. The van der Waals surface area contributed by atoms with E-state index in [2.05, 4.69) is 5.32 Å². The monoisotopic (exact) mass is 303 g/mol. The molecule has 0 radical (unpaired) electrons. The molecule has 1 N–H and O–H groups in total. The second-order valence-electron chi connectivity index (χ2n) is 4.63. The minimum atomic E-state index is -0.790. The Labute approximate surface area is 124 Å². The first-order valence-corrected chi connectivity index (χ1v) is 7.12. The smallest absolute Gasteiger partial charge is 0.266 e. The Morgan fingerprint density at radius 3 is 2.62 bits per heavy atom. The molecule has 3 aromatic rings. The lowest BCUT2D eigenvalue weighted by atomic mass is 10.1. The number of aryl methyl sites for hydroxylation is 1. The Balaban J connectivity index is 1.95. The third-order valence-corrected chi connectivity index (χ3v) is 4.50. The maximum Gasteiger partial charge on any atom is 0.266 e. The van der Waals surface area contributed by atoms with Gasteiger partial charge >= 0.3 is 0 Å². The van der Waals surface area contributed by atoms with Gasteiger partial charge in [-0.3, -0.25) is 4.79 Å². The average Bonchev–Trinajstić information content (AvgIpc) is 2.80. The van der Waals surface area contributed by atoms with E-state index in [1.807, 2.05) is 31.2 Å². The summed E-state index contributed by atoms with van der Waals surface area (Å²) in [7, 11) is 0. The van der Waals surface area contributed by atoms with E-state index in [1.165, 1.54) is 17.4 Å². The maximum atomic E-state index is 13.6. The summed E-state index contributed by atoms with van der Waals surface area (Å²) in [4.78, 5) is 12.8. The van der Waals surface area contributed by atoms with Gasteiger partial charge in [-0.1, -0.05) is 18.2 Å². The number of carbonyl (C=O) groups is 1. The van der Waals surface area contributed by atoms with E-state index in [-0.39, 0.29) is 11.6 Å². The molecule has 0 saturated heterocycles. The molecule has 106 valence electrons. The van der Waals surface area contributed by atoms with Gasteiger partial charge in [0, 0.05) is 10.8 Å². The summed E-state index contributed by atoms with van der Waals surface area (Å²) in [6, 6.07) is 10.7. The van der Waals surface area contributed by atoms with Crippen molar-refractivity contribution >= 4 is 33.0 Å². The normalized spacial score (nSPS) is 10.8. The molecule has 5 heteroatoms. The zero-order valence-electron chi connectivity index (χ0n) is 11.1. The van der Waals surface area contributed by atoms with Gasteiger partial charge < -0.3 is 5.32 Å². The van der Waals surface area contributed by atoms with E-state index in [4.69, 9.17) is 0 Å². The van der Waals surface area contributed by atoms with E-state index in [0.717, 1.165) is 27.8 Å². The van der Waals surface area contributed by atoms with Crippen molar-refractivity contribution in [2.45, 2.75) is 6.92 Å². The van der Waals surface area contributed by atoms with Crippen molar-refractivity contribution < 1.29 is 13.6 Å². The molecule has 0 aliphatic rings. The molecule has 0 unspecified atom stereocenters. The summed E-state index contributed by atoms with van der Waals surface area (Å²) in [5, 5.41) is 3.49. The number of thiophene rings is 1. The molecule has 0 bridgehead atoms. The summed E-state index contributed by atoms with van der Waals surface area (Å²) in [6.07, 6.45) is 0. The van der Waals surface area contributed by atoms with Crippen LogP contribution in [0.1, 0.15) is 15.2 Å². The summed E-state index contributed by atoms with van der Waals surface area (Å²) < 4.78 is 27.4. The first kappa shape index (κ1) is 13.7. The van der Waals surface area contributed by atoms with Crippen LogP contribution in [0.25, 0.3) is 10.1 Å². The summed E-state index contributed by atoms with van der Waals surface area (Å²) >= 11 is 1.35. The minimum absolute atomic E-state index is 0.0294. The van der Waals surface area contributed by atoms with Crippen LogP contribution in [-0.4, -0.2) is 5.91 Å². The van der Waals surface area contributed by atoms with Gasteiger partial charge in [-0.05, 0) is 36.1 Å². The third-order valence-electron chi connectivity index (χ3n) is 3.23. The average molecular weight is 303 g/mol. The van der Waals surface area contributed by atoms with Crippen LogP contribution in [0.5, 0.6) is 0 Å². The second kappa shape index (κ2) is 5.26. The SMILES string of the molecule is Cc1c(C(=O)Nc2ccc(F)cc2F)sc2ccccc12. The Morgan fingerprint density at radius 2 is 1.90 bits per heavy atom. The molecule has 0 fully saturated rings. The quantitative estimate of drug-likeness (QED) is 0.728. The zero-order chi connectivity index (χ0) is 15.0. The molecule has 0 atom stereocenters. The van der Waals surface area contributed by atoms with Gasteiger partial charge in [0.25, 0.3) is 5.91 Å². The fourth-order valence-electron chi connectivity index (χ4n) is 2.16. The van der Waals surface area contributed by atoms with E-state index >= 15 is 0 Å². The lowest BCUT2D eigenvalue weighted by molar-refractivity contribution is 0.102. The molecule has 0 aliphatic heterocycles. The van der Waals surface area contributed by atoms with Crippen molar-refractivity contribution in [3.05, 3.63) is 64.5 Å². The van der Waals surface area contributed by atoms with Gasteiger partial charge in [-0.25, -0.2) is 8.78 Å². The molecule has 3 rings (SSSR count). The number of halogens is 2. The van der Waals surface area contributed by atoms with E-state index in [1.54, 1.807) is 0 Å². The van der Waals surface area contributed by atoms with Crippen LogP contribution in [0.3, 0.4) is 0 Å². The Kier molecular flexibility index (Phi) is 3.43. The van der Waals surface area contributed by atoms with Gasteiger partial charge in [0.15, 0.2) is 0 Å². The molecule has 21 heavy (non-hydrogen) atoms. The van der Waals surface area contributed by atoms with Gasteiger partial charge in [-0.2, -0.15) is 0 Å². The van der Waals surface area contributed by atoms with Crippen LogP contribution in [0, 0.1) is 18.6 Å². The second-order valence-corrected chi connectivity index (χ2v) is 5.68. The highest BCUT2D eigenvalue weighted by atomic mass is 32.1. The summed E-state index contributed by atoms with van der Waals surface area (Å²) in [6.45, 7) is 1.86. The third kappa shape index (κ3) is 2.52. The molecule has 1 aromatic heterocycles.